The summed E-state index contributed by atoms with van der Waals surface area (Å²) >= 11 is 0. The van der Waals surface area contributed by atoms with Crippen molar-refractivity contribution in [3.05, 3.63) is 17.8 Å². The van der Waals surface area contributed by atoms with Crippen LogP contribution in [-0.2, 0) is 11.2 Å². The third-order valence-corrected chi connectivity index (χ3v) is 5.80. The van der Waals surface area contributed by atoms with Crippen molar-refractivity contribution in [1.29, 1.82) is 0 Å². The Morgan fingerprint density at radius 2 is 1.96 bits per heavy atom. The lowest BCUT2D eigenvalue weighted by molar-refractivity contribution is 0.00291. The highest BCUT2D eigenvalue weighted by atomic mass is 16.6. The molecule has 2 aliphatic heterocycles. The number of hydrogen-bond donors (Lipinski definition) is 0. The van der Waals surface area contributed by atoms with Crippen molar-refractivity contribution in [2.45, 2.75) is 58.5 Å². The van der Waals surface area contributed by atoms with Gasteiger partial charge in [0.1, 0.15) is 11.4 Å². The topological polar surface area (TPSA) is 75.9 Å². The fourth-order valence-electron chi connectivity index (χ4n) is 3.92. The molecule has 7 heteroatoms. The lowest BCUT2D eigenvalue weighted by Crippen LogP contribution is -2.49. The highest BCUT2D eigenvalue weighted by Crippen LogP contribution is 2.34. The summed E-state index contributed by atoms with van der Waals surface area (Å²) in [5, 5.41) is 0. The van der Waals surface area contributed by atoms with Gasteiger partial charge in [0.2, 0.25) is 0 Å². The van der Waals surface area contributed by atoms with Gasteiger partial charge < -0.3 is 19.0 Å². The van der Waals surface area contributed by atoms with Crippen LogP contribution >= 0.6 is 0 Å². The van der Waals surface area contributed by atoms with Crippen LogP contribution in [0, 0.1) is 5.92 Å². The zero-order chi connectivity index (χ0) is 18.7. The van der Waals surface area contributed by atoms with E-state index in [2.05, 4.69) is 18.8 Å². The van der Waals surface area contributed by atoms with Gasteiger partial charge in [-0.15, -0.1) is 0 Å². The van der Waals surface area contributed by atoms with Crippen LogP contribution in [0.25, 0.3) is 0 Å². The fourth-order valence-corrected chi connectivity index (χ4v) is 3.92. The van der Waals surface area contributed by atoms with Crippen molar-refractivity contribution in [3.63, 3.8) is 0 Å². The molecular weight excluding hydrogens is 334 g/mol. The molecule has 2 amide bonds. The average molecular weight is 363 g/mol. The van der Waals surface area contributed by atoms with Gasteiger partial charge in [0.05, 0.1) is 6.54 Å². The Hall–Kier alpha value is -2.05. The van der Waals surface area contributed by atoms with Gasteiger partial charge in [0.25, 0.3) is 5.91 Å². The van der Waals surface area contributed by atoms with Gasteiger partial charge in [-0.1, -0.05) is 33.6 Å². The predicted molar refractivity (Wildman–Crippen MR) is 95.9 cm³/mol. The SMILES string of the molecule is CCc1ocnc1C(=O)N1CCC2(CC1)CN(CC(CC)CC)C(=O)O2. The third-order valence-electron chi connectivity index (χ3n) is 5.80. The largest absolute Gasteiger partial charge is 0.448 e. The first kappa shape index (κ1) is 18.7. The van der Waals surface area contributed by atoms with Crippen molar-refractivity contribution in [3.8, 4) is 0 Å². The number of ether oxygens (including phenoxy) is 1. The van der Waals surface area contributed by atoms with Gasteiger partial charge in [-0.3, -0.25) is 4.79 Å². The van der Waals surface area contributed by atoms with Crippen LogP contribution in [0.4, 0.5) is 4.79 Å². The molecule has 2 aliphatic rings. The number of aromatic nitrogens is 1. The minimum absolute atomic E-state index is 0.0938. The van der Waals surface area contributed by atoms with E-state index in [9.17, 15) is 9.59 Å². The normalized spacial score (nSPS) is 19.5. The molecule has 2 fully saturated rings. The summed E-state index contributed by atoms with van der Waals surface area (Å²) in [6.45, 7) is 8.79. The number of rotatable bonds is 6. The number of nitrogens with zero attached hydrogens (tertiary/aromatic N) is 3. The molecule has 2 saturated heterocycles. The molecule has 0 aromatic carbocycles. The highest BCUT2D eigenvalue weighted by Gasteiger charge is 2.47. The van der Waals surface area contributed by atoms with Gasteiger partial charge in [0.15, 0.2) is 12.1 Å². The van der Waals surface area contributed by atoms with Crippen LogP contribution < -0.4 is 0 Å². The molecule has 0 atom stereocenters. The monoisotopic (exact) mass is 363 g/mol. The smallest absolute Gasteiger partial charge is 0.410 e. The summed E-state index contributed by atoms with van der Waals surface area (Å²) in [5.74, 6) is 1.04. The Labute approximate surface area is 154 Å². The molecule has 7 nitrogen and oxygen atoms in total. The van der Waals surface area contributed by atoms with E-state index in [1.165, 1.54) is 6.39 Å². The quantitative estimate of drug-likeness (QED) is 0.776. The molecule has 26 heavy (non-hydrogen) atoms. The Kier molecular flexibility index (Phi) is 5.53. The number of hydrogen-bond acceptors (Lipinski definition) is 5. The first-order valence-electron chi connectivity index (χ1n) is 9.71. The molecule has 0 aliphatic carbocycles. The van der Waals surface area contributed by atoms with Crippen molar-refractivity contribution >= 4 is 12.0 Å². The zero-order valence-corrected chi connectivity index (χ0v) is 16.0. The number of aryl methyl sites for hydroxylation is 1. The number of oxazole rings is 1. The lowest BCUT2D eigenvalue weighted by Gasteiger charge is -2.37. The first-order valence-corrected chi connectivity index (χ1v) is 9.71. The zero-order valence-electron chi connectivity index (χ0n) is 16.0. The minimum atomic E-state index is -0.447. The summed E-state index contributed by atoms with van der Waals surface area (Å²) in [5.41, 5.74) is -0.0423. The number of piperidine rings is 1. The maximum absolute atomic E-state index is 12.7. The molecule has 3 heterocycles. The fraction of sp³-hybridized carbons (Fsp3) is 0.737. The maximum atomic E-state index is 12.7. The standard InChI is InChI=1S/C19H29N3O4/c1-4-14(5-2)11-22-12-19(26-18(22)24)7-9-21(10-8-19)17(23)16-15(6-3)25-13-20-16/h13-14H,4-12H2,1-3H3. The maximum Gasteiger partial charge on any atom is 0.410 e. The Balaban J connectivity index is 1.60. The van der Waals surface area contributed by atoms with Crippen LogP contribution in [0.1, 0.15) is 62.7 Å². The van der Waals surface area contributed by atoms with Gasteiger partial charge in [0, 0.05) is 38.9 Å². The second-order valence-electron chi connectivity index (χ2n) is 7.38. The van der Waals surface area contributed by atoms with Gasteiger partial charge in [-0.2, -0.15) is 0 Å². The van der Waals surface area contributed by atoms with E-state index in [-0.39, 0.29) is 12.0 Å². The van der Waals surface area contributed by atoms with E-state index >= 15 is 0 Å². The second-order valence-corrected chi connectivity index (χ2v) is 7.38. The molecule has 1 aromatic heterocycles. The Bertz CT molecular complexity index is 645. The molecule has 0 saturated carbocycles. The summed E-state index contributed by atoms with van der Waals surface area (Å²) in [7, 11) is 0. The van der Waals surface area contributed by atoms with Crippen molar-refractivity contribution in [2.24, 2.45) is 5.92 Å². The molecule has 0 bridgehead atoms. The minimum Gasteiger partial charge on any atom is -0.448 e. The Morgan fingerprint density at radius 1 is 1.27 bits per heavy atom. The average Bonchev–Trinajstić information content (AvgIpc) is 3.24. The number of carbonyl (C=O) groups excluding carboxylic acids is 2. The van der Waals surface area contributed by atoms with Gasteiger partial charge in [-0.25, -0.2) is 9.78 Å². The van der Waals surface area contributed by atoms with E-state index in [1.807, 2.05) is 11.8 Å². The van der Waals surface area contributed by atoms with E-state index in [1.54, 1.807) is 4.90 Å². The second kappa shape index (κ2) is 7.68. The van der Waals surface area contributed by atoms with Crippen molar-refractivity contribution in [1.82, 2.24) is 14.8 Å². The van der Waals surface area contributed by atoms with Crippen LogP contribution in [-0.4, -0.2) is 58.6 Å². The van der Waals surface area contributed by atoms with Crippen molar-refractivity contribution < 1.29 is 18.7 Å². The summed E-state index contributed by atoms with van der Waals surface area (Å²) in [6, 6.07) is 0. The molecule has 1 aromatic rings. The van der Waals surface area contributed by atoms with Crippen LogP contribution in [0.15, 0.2) is 10.8 Å². The summed E-state index contributed by atoms with van der Waals surface area (Å²) in [6.07, 6.45) is 5.22. The molecule has 144 valence electrons. The number of likely N-dealkylation sites (tertiary alicyclic amines) is 1. The van der Waals surface area contributed by atoms with Crippen LogP contribution in [0.3, 0.4) is 0 Å². The molecule has 1 spiro atoms. The lowest BCUT2D eigenvalue weighted by atomic mass is 9.90. The van der Waals surface area contributed by atoms with E-state index in [0.29, 0.717) is 56.3 Å². The Morgan fingerprint density at radius 3 is 2.58 bits per heavy atom. The number of amides is 2. The molecule has 0 N–H and O–H groups in total. The summed E-state index contributed by atoms with van der Waals surface area (Å²) < 4.78 is 11.0. The number of carbonyl (C=O) groups is 2. The third kappa shape index (κ3) is 3.57. The van der Waals surface area contributed by atoms with Crippen molar-refractivity contribution in [2.75, 3.05) is 26.2 Å². The van der Waals surface area contributed by atoms with E-state index in [4.69, 9.17) is 9.15 Å². The molecule has 0 radical (unpaired) electrons. The highest BCUT2D eigenvalue weighted by molar-refractivity contribution is 5.93. The van der Waals surface area contributed by atoms with Gasteiger partial charge >= 0.3 is 6.09 Å². The van der Waals surface area contributed by atoms with Crippen LogP contribution in [0.5, 0.6) is 0 Å². The van der Waals surface area contributed by atoms with Crippen LogP contribution in [0.2, 0.25) is 0 Å². The summed E-state index contributed by atoms with van der Waals surface area (Å²) in [4.78, 5) is 32.7. The van der Waals surface area contributed by atoms with E-state index < -0.39 is 5.60 Å². The van der Waals surface area contributed by atoms with Gasteiger partial charge in [-0.05, 0) is 5.92 Å². The van der Waals surface area contributed by atoms with E-state index in [0.717, 1.165) is 19.4 Å². The molecule has 0 unspecified atom stereocenters. The molecular formula is C19H29N3O4. The predicted octanol–water partition coefficient (Wildman–Crippen LogP) is 3.10. The molecule has 3 rings (SSSR count). The first-order chi connectivity index (χ1) is 12.5.